The molecule has 0 spiro atoms. The van der Waals surface area contributed by atoms with Crippen molar-refractivity contribution in [2.75, 3.05) is 26.4 Å². The number of benzene rings is 2. The van der Waals surface area contributed by atoms with Crippen molar-refractivity contribution in [2.24, 2.45) is 0 Å². The summed E-state index contributed by atoms with van der Waals surface area (Å²) < 4.78 is 53.8. The lowest BCUT2D eigenvalue weighted by Crippen LogP contribution is -2.14. The minimum absolute atomic E-state index is 0.0194. The fraction of sp³-hybridized carbons (Fsp3) is 0.667. The molecule has 0 aliphatic heterocycles. The van der Waals surface area contributed by atoms with Crippen LogP contribution < -0.4 is 18.9 Å². The number of hydrogen-bond donors (Lipinski definition) is 2. The van der Waals surface area contributed by atoms with Gasteiger partial charge >= 0.3 is 0 Å². The Balaban J connectivity index is 2.62. The average Bonchev–Trinajstić information content (AvgIpc) is 3.00. The largest absolute Gasteiger partial charge is 0.508 e. The van der Waals surface area contributed by atoms with Crippen LogP contribution in [0.2, 0.25) is 0 Å². The standard InChI is InChI=1S/C36H58O8S/c1-5-9-13-17-21-41-31-25-29(37)26-32(42-22-18-14-10-6-2)35(31)45(39,40)36-33(43-23-19-15-11-7-3)27-30(38)28-34(36)44-24-20-16-12-8-4/h25-28,37-38H,5-24H2,1-4H3. The molecule has 0 unspecified atom stereocenters. The zero-order valence-corrected chi connectivity index (χ0v) is 29.0. The van der Waals surface area contributed by atoms with E-state index in [0.717, 1.165) is 103 Å². The molecule has 2 N–H and O–H groups in total. The third-order valence-electron chi connectivity index (χ3n) is 7.57. The van der Waals surface area contributed by atoms with E-state index in [-0.39, 0.29) is 44.3 Å². The van der Waals surface area contributed by atoms with Crippen LogP contribution in [0.15, 0.2) is 34.1 Å². The van der Waals surface area contributed by atoms with Gasteiger partial charge in [0.2, 0.25) is 9.84 Å². The first-order valence-corrected chi connectivity index (χ1v) is 18.8. The first-order chi connectivity index (χ1) is 21.8. The average molecular weight is 651 g/mol. The molecule has 0 saturated carbocycles. The van der Waals surface area contributed by atoms with Gasteiger partial charge < -0.3 is 29.2 Å². The summed E-state index contributed by atoms with van der Waals surface area (Å²) in [6.45, 7) is 9.65. The number of phenols is 2. The van der Waals surface area contributed by atoms with E-state index >= 15 is 0 Å². The van der Waals surface area contributed by atoms with Crippen molar-refractivity contribution in [3.63, 3.8) is 0 Å². The highest BCUT2D eigenvalue weighted by atomic mass is 32.2. The number of phenolic OH excluding ortho intramolecular Hbond substituents is 2. The second-order valence-electron chi connectivity index (χ2n) is 11.7. The van der Waals surface area contributed by atoms with Gasteiger partial charge in [0.15, 0.2) is 9.79 Å². The van der Waals surface area contributed by atoms with Crippen molar-refractivity contribution in [1.82, 2.24) is 0 Å². The molecule has 8 nitrogen and oxygen atoms in total. The van der Waals surface area contributed by atoms with Gasteiger partial charge in [-0.05, 0) is 25.7 Å². The van der Waals surface area contributed by atoms with Crippen LogP contribution in [0.25, 0.3) is 0 Å². The number of aromatic hydroxyl groups is 2. The van der Waals surface area contributed by atoms with Crippen LogP contribution in [0.5, 0.6) is 34.5 Å². The molecule has 0 amide bonds. The molecule has 9 heteroatoms. The van der Waals surface area contributed by atoms with E-state index in [4.69, 9.17) is 18.9 Å². The number of rotatable bonds is 26. The van der Waals surface area contributed by atoms with Crippen molar-refractivity contribution in [1.29, 1.82) is 0 Å². The minimum Gasteiger partial charge on any atom is -0.508 e. The highest BCUT2D eigenvalue weighted by molar-refractivity contribution is 7.92. The number of unbranched alkanes of at least 4 members (excludes halogenated alkanes) is 12. The summed E-state index contributed by atoms with van der Waals surface area (Å²) in [4.78, 5) is -0.354. The van der Waals surface area contributed by atoms with Crippen LogP contribution in [0.4, 0.5) is 0 Å². The fourth-order valence-corrected chi connectivity index (χ4v) is 6.77. The van der Waals surface area contributed by atoms with E-state index in [1.165, 1.54) is 24.3 Å². The Labute approximate surface area is 272 Å². The normalized spacial score (nSPS) is 11.5. The van der Waals surface area contributed by atoms with E-state index in [9.17, 15) is 18.6 Å². The molecule has 0 heterocycles. The quantitative estimate of drug-likeness (QED) is 0.0968. The summed E-state index contributed by atoms with van der Waals surface area (Å²) in [5.41, 5.74) is 0. The highest BCUT2D eigenvalue weighted by Crippen LogP contribution is 2.47. The predicted molar refractivity (Wildman–Crippen MR) is 180 cm³/mol. The van der Waals surface area contributed by atoms with Gasteiger partial charge in [-0.25, -0.2) is 8.42 Å². The monoisotopic (exact) mass is 650 g/mol. The summed E-state index contributed by atoms with van der Waals surface area (Å²) in [6.07, 6.45) is 15.2. The van der Waals surface area contributed by atoms with E-state index in [0.29, 0.717) is 26.4 Å². The molecule has 0 bridgehead atoms. The Kier molecular flexibility index (Phi) is 18.6. The van der Waals surface area contributed by atoms with E-state index in [1.807, 2.05) is 0 Å². The molecule has 2 rings (SSSR count). The van der Waals surface area contributed by atoms with E-state index < -0.39 is 9.84 Å². The summed E-state index contributed by atoms with van der Waals surface area (Å²) in [5.74, 6) is -0.216. The van der Waals surface area contributed by atoms with Gasteiger partial charge in [0, 0.05) is 24.3 Å². The summed E-state index contributed by atoms with van der Waals surface area (Å²) in [5, 5.41) is 21.2. The molecular formula is C36H58O8S. The number of hydrogen-bond acceptors (Lipinski definition) is 8. The molecular weight excluding hydrogens is 592 g/mol. The van der Waals surface area contributed by atoms with Crippen LogP contribution in [0, 0.1) is 0 Å². The van der Waals surface area contributed by atoms with Crippen molar-refractivity contribution >= 4 is 9.84 Å². The van der Waals surface area contributed by atoms with Gasteiger partial charge in [0.25, 0.3) is 0 Å². The summed E-state index contributed by atoms with van der Waals surface area (Å²) in [7, 11) is -4.41. The zero-order chi connectivity index (χ0) is 32.9. The fourth-order valence-electron chi connectivity index (χ4n) is 5.03. The molecule has 2 aromatic rings. The maximum absolute atomic E-state index is 14.8. The highest BCUT2D eigenvalue weighted by Gasteiger charge is 2.35. The van der Waals surface area contributed by atoms with E-state index in [2.05, 4.69) is 27.7 Å². The van der Waals surface area contributed by atoms with Gasteiger partial charge in [0.05, 0.1) is 26.4 Å². The molecule has 0 atom stereocenters. The summed E-state index contributed by atoms with van der Waals surface area (Å²) >= 11 is 0. The second kappa shape index (κ2) is 21.8. The van der Waals surface area contributed by atoms with Gasteiger partial charge in [-0.2, -0.15) is 0 Å². The van der Waals surface area contributed by atoms with Gasteiger partial charge in [-0.1, -0.05) is 105 Å². The van der Waals surface area contributed by atoms with Crippen LogP contribution in [-0.2, 0) is 9.84 Å². The molecule has 0 radical (unpaired) electrons. The van der Waals surface area contributed by atoms with Crippen LogP contribution in [0.1, 0.15) is 130 Å². The molecule has 45 heavy (non-hydrogen) atoms. The number of ether oxygens (including phenoxy) is 4. The lowest BCUT2D eigenvalue weighted by atomic mass is 10.2. The molecule has 0 aliphatic rings. The Morgan fingerprint density at radius 2 is 0.689 bits per heavy atom. The third kappa shape index (κ3) is 13.2. The van der Waals surface area contributed by atoms with Crippen LogP contribution in [-0.4, -0.2) is 45.1 Å². The first-order valence-electron chi connectivity index (χ1n) is 17.3. The maximum atomic E-state index is 14.8. The van der Waals surface area contributed by atoms with E-state index in [1.54, 1.807) is 0 Å². The molecule has 0 aromatic heterocycles. The third-order valence-corrected chi connectivity index (χ3v) is 9.45. The van der Waals surface area contributed by atoms with Gasteiger partial charge in [-0.3, -0.25) is 0 Å². The zero-order valence-electron chi connectivity index (χ0n) is 28.2. The Morgan fingerprint density at radius 1 is 0.444 bits per heavy atom. The molecule has 0 fully saturated rings. The van der Waals surface area contributed by atoms with Gasteiger partial charge in [-0.15, -0.1) is 0 Å². The second-order valence-corrected chi connectivity index (χ2v) is 13.5. The predicted octanol–water partition coefficient (Wildman–Crippen LogP) is 9.77. The Morgan fingerprint density at radius 3 is 0.911 bits per heavy atom. The molecule has 256 valence electrons. The van der Waals surface area contributed by atoms with Crippen molar-refractivity contribution < 1.29 is 37.6 Å². The smallest absolute Gasteiger partial charge is 0.221 e. The topological polar surface area (TPSA) is 112 Å². The lowest BCUT2D eigenvalue weighted by molar-refractivity contribution is 0.270. The molecule has 2 aromatic carbocycles. The maximum Gasteiger partial charge on any atom is 0.221 e. The molecule has 0 aliphatic carbocycles. The molecule has 0 saturated heterocycles. The van der Waals surface area contributed by atoms with Crippen LogP contribution >= 0.6 is 0 Å². The SMILES string of the molecule is CCCCCCOc1cc(O)cc(OCCCCCC)c1S(=O)(=O)c1c(OCCCCCC)cc(O)cc1OCCCCCC. The lowest BCUT2D eigenvalue weighted by Gasteiger charge is -2.21. The van der Waals surface area contributed by atoms with Crippen molar-refractivity contribution in [3.05, 3.63) is 24.3 Å². The van der Waals surface area contributed by atoms with Crippen molar-refractivity contribution in [3.8, 4) is 34.5 Å². The number of sulfone groups is 1. The van der Waals surface area contributed by atoms with Crippen LogP contribution in [0.3, 0.4) is 0 Å². The Hall–Kier alpha value is -2.81. The summed E-state index contributed by atoms with van der Waals surface area (Å²) in [6, 6.07) is 5.31. The first kappa shape index (κ1) is 38.4. The van der Waals surface area contributed by atoms with Gasteiger partial charge in [0.1, 0.15) is 34.5 Å². The minimum atomic E-state index is -4.41. The Bertz CT molecular complexity index is 1050. The van der Waals surface area contributed by atoms with Crippen molar-refractivity contribution in [2.45, 2.75) is 140 Å².